The highest BCUT2D eigenvalue weighted by atomic mass is 79.9. The topological polar surface area (TPSA) is 46.2 Å². The molecule has 0 amide bonds. The fourth-order valence-corrected chi connectivity index (χ4v) is 1.82. The molecule has 3 nitrogen and oxygen atoms in total. The van der Waals surface area contributed by atoms with Gasteiger partial charge in [0.15, 0.2) is 0 Å². The molecule has 0 heterocycles. The molecule has 1 aromatic rings. The fourth-order valence-electron chi connectivity index (χ4n) is 0.927. The standard InChI is InChI=1S/C8H8BrF2NO2S/c9-5-6-2-1-3-7(4-6)12-15(13,14)8(10)11/h1-4,8,12H,5H2. The van der Waals surface area contributed by atoms with Crippen molar-refractivity contribution in [2.75, 3.05) is 4.72 Å². The van der Waals surface area contributed by atoms with Gasteiger partial charge < -0.3 is 0 Å². The second-order valence-electron chi connectivity index (χ2n) is 2.74. The van der Waals surface area contributed by atoms with Crippen LogP contribution in [0.2, 0.25) is 0 Å². The zero-order chi connectivity index (χ0) is 11.5. The van der Waals surface area contributed by atoms with Crippen LogP contribution in [0.15, 0.2) is 24.3 Å². The Morgan fingerprint density at radius 2 is 2.07 bits per heavy atom. The van der Waals surface area contributed by atoms with Crippen LogP contribution in [0.3, 0.4) is 0 Å². The highest BCUT2D eigenvalue weighted by Crippen LogP contribution is 2.16. The lowest BCUT2D eigenvalue weighted by Crippen LogP contribution is -2.20. The van der Waals surface area contributed by atoms with Gasteiger partial charge in [-0.2, -0.15) is 8.78 Å². The van der Waals surface area contributed by atoms with Crippen molar-refractivity contribution >= 4 is 31.6 Å². The first-order valence-electron chi connectivity index (χ1n) is 3.90. The summed E-state index contributed by atoms with van der Waals surface area (Å²) in [5.74, 6) is -3.43. The van der Waals surface area contributed by atoms with Crippen LogP contribution in [-0.2, 0) is 15.4 Å². The zero-order valence-electron chi connectivity index (χ0n) is 7.45. The smallest absolute Gasteiger partial charge is 0.279 e. The summed E-state index contributed by atoms with van der Waals surface area (Å²) in [6.07, 6.45) is 0. The predicted molar refractivity (Wildman–Crippen MR) is 57.6 cm³/mol. The van der Waals surface area contributed by atoms with Crippen LogP contribution in [0.25, 0.3) is 0 Å². The van der Waals surface area contributed by atoms with Crippen molar-refractivity contribution in [3.05, 3.63) is 29.8 Å². The first-order valence-corrected chi connectivity index (χ1v) is 6.57. The number of benzene rings is 1. The largest absolute Gasteiger partial charge is 0.355 e. The predicted octanol–water partition coefficient (Wildman–Crippen LogP) is 2.55. The number of halogens is 3. The van der Waals surface area contributed by atoms with Gasteiger partial charge in [0.05, 0.1) is 0 Å². The Balaban J connectivity index is 2.90. The van der Waals surface area contributed by atoms with E-state index in [1.54, 1.807) is 16.9 Å². The minimum Gasteiger partial charge on any atom is -0.279 e. The number of hydrogen-bond acceptors (Lipinski definition) is 2. The molecular formula is C8H8BrF2NO2S. The summed E-state index contributed by atoms with van der Waals surface area (Å²) in [6.45, 7) is 0. The van der Waals surface area contributed by atoms with Gasteiger partial charge in [0, 0.05) is 11.0 Å². The van der Waals surface area contributed by atoms with E-state index >= 15 is 0 Å². The second kappa shape index (κ2) is 4.89. The second-order valence-corrected chi connectivity index (χ2v) is 4.95. The van der Waals surface area contributed by atoms with Crippen molar-refractivity contribution in [2.24, 2.45) is 0 Å². The molecule has 1 N–H and O–H groups in total. The van der Waals surface area contributed by atoms with E-state index in [9.17, 15) is 17.2 Å². The van der Waals surface area contributed by atoms with Gasteiger partial charge >= 0.3 is 5.76 Å². The Kier molecular flexibility index (Phi) is 4.04. The quantitative estimate of drug-likeness (QED) is 0.869. The summed E-state index contributed by atoms with van der Waals surface area (Å²) in [6, 6.07) is 6.22. The number of anilines is 1. The molecule has 0 aliphatic rings. The monoisotopic (exact) mass is 299 g/mol. The lowest BCUT2D eigenvalue weighted by atomic mass is 10.2. The van der Waals surface area contributed by atoms with E-state index in [1.165, 1.54) is 12.1 Å². The van der Waals surface area contributed by atoms with Gasteiger partial charge in [0.2, 0.25) is 0 Å². The Morgan fingerprint density at radius 1 is 1.40 bits per heavy atom. The average Bonchev–Trinajstić information content (AvgIpc) is 2.17. The van der Waals surface area contributed by atoms with Crippen LogP contribution in [0.1, 0.15) is 5.56 Å². The summed E-state index contributed by atoms with van der Waals surface area (Å²) in [4.78, 5) is 0. The van der Waals surface area contributed by atoms with Crippen molar-refractivity contribution < 1.29 is 17.2 Å². The molecule has 0 atom stereocenters. The Morgan fingerprint density at radius 3 is 2.60 bits per heavy atom. The summed E-state index contributed by atoms with van der Waals surface area (Å²) < 4.78 is 47.5. The van der Waals surface area contributed by atoms with Crippen molar-refractivity contribution in [2.45, 2.75) is 11.1 Å². The van der Waals surface area contributed by atoms with Gasteiger partial charge in [-0.25, -0.2) is 8.42 Å². The maximum absolute atomic E-state index is 12.0. The molecule has 0 saturated heterocycles. The third kappa shape index (κ3) is 3.42. The number of sulfonamides is 1. The molecule has 0 saturated carbocycles. The van der Waals surface area contributed by atoms with Crippen LogP contribution < -0.4 is 4.72 Å². The van der Waals surface area contributed by atoms with Gasteiger partial charge in [-0.05, 0) is 17.7 Å². The van der Waals surface area contributed by atoms with Gasteiger partial charge in [-0.15, -0.1) is 0 Å². The van der Waals surface area contributed by atoms with Crippen molar-refractivity contribution in [1.29, 1.82) is 0 Å². The molecule has 0 fully saturated rings. The molecule has 84 valence electrons. The van der Waals surface area contributed by atoms with Crippen molar-refractivity contribution in [3.63, 3.8) is 0 Å². The zero-order valence-corrected chi connectivity index (χ0v) is 9.85. The van der Waals surface area contributed by atoms with Crippen LogP contribution >= 0.6 is 15.9 Å². The van der Waals surface area contributed by atoms with E-state index < -0.39 is 15.8 Å². The molecule has 0 aromatic heterocycles. The third-order valence-electron chi connectivity index (χ3n) is 1.58. The molecular weight excluding hydrogens is 292 g/mol. The lowest BCUT2D eigenvalue weighted by molar-refractivity contribution is 0.236. The van der Waals surface area contributed by atoms with Crippen LogP contribution in [-0.4, -0.2) is 14.2 Å². The molecule has 0 spiro atoms. The van der Waals surface area contributed by atoms with Gasteiger partial charge in [0.25, 0.3) is 10.0 Å². The van der Waals surface area contributed by atoms with Crippen LogP contribution in [0, 0.1) is 0 Å². The minimum atomic E-state index is -4.57. The van der Waals surface area contributed by atoms with E-state index in [0.29, 0.717) is 5.33 Å². The average molecular weight is 300 g/mol. The summed E-state index contributed by atoms with van der Waals surface area (Å²) >= 11 is 3.17. The molecule has 0 aliphatic heterocycles. The molecule has 0 bridgehead atoms. The van der Waals surface area contributed by atoms with Gasteiger partial charge in [-0.1, -0.05) is 28.1 Å². The first-order chi connectivity index (χ1) is 6.95. The third-order valence-corrected chi connectivity index (χ3v) is 3.21. The van der Waals surface area contributed by atoms with E-state index in [0.717, 1.165) is 5.56 Å². The summed E-state index contributed by atoms with van der Waals surface area (Å²) in [5, 5.41) is 0.525. The van der Waals surface area contributed by atoms with Crippen LogP contribution in [0.5, 0.6) is 0 Å². The highest BCUT2D eigenvalue weighted by Gasteiger charge is 2.23. The molecule has 15 heavy (non-hydrogen) atoms. The molecule has 0 unspecified atom stereocenters. The maximum atomic E-state index is 12.0. The summed E-state index contributed by atoms with van der Waals surface area (Å²) in [7, 11) is -4.57. The van der Waals surface area contributed by atoms with Crippen LogP contribution in [0.4, 0.5) is 14.5 Å². The summed E-state index contributed by atoms with van der Waals surface area (Å²) in [5.41, 5.74) is 0.928. The number of nitrogens with one attached hydrogen (secondary N) is 1. The van der Waals surface area contributed by atoms with Gasteiger partial charge in [-0.3, -0.25) is 4.72 Å². The van der Waals surface area contributed by atoms with E-state index in [1.807, 2.05) is 0 Å². The van der Waals surface area contributed by atoms with E-state index in [4.69, 9.17) is 0 Å². The normalized spacial score (nSPS) is 11.7. The Labute approximate surface area is 94.7 Å². The number of alkyl halides is 3. The Hall–Kier alpha value is -0.690. The molecule has 0 aliphatic carbocycles. The maximum Gasteiger partial charge on any atom is 0.355 e. The molecule has 7 heteroatoms. The van der Waals surface area contributed by atoms with E-state index in [-0.39, 0.29) is 5.69 Å². The molecule has 1 aromatic carbocycles. The Bertz CT molecular complexity index is 436. The van der Waals surface area contributed by atoms with Gasteiger partial charge in [0.1, 0.15) is 0 Å². The number of rotatable bonds is 4. The SMILES string of the molecule is O=S(=O)(Nc1cccc(CBr)c1)C(F)F. The minimum absolute atomic E-state index is 0.132. The molecule has 0 radical (unpaired) electrons. The number of hydrogen-bond donors (Lipinski definition) is 1. The van der Waals surface area contributed by atoms with E-state index in [2.05, 4.69) is 15.9 Å². The lowest BCUT2D eigenvalue weighted by Gasteiger charge is -2.07. The van der Waals surface area contributed by atoms with Crippen molar-refractivity contribution in [3.8, 4) is 0 Å². The first kappa shape index (κ1) is 12.4. The highest BCUT2D eigenvalue weighted by molar-refractivity contribution is 9.08. The van der Waals surface area contributed by atoms with Crippen molar-refractivity contribution in [1.82, 2.24) is 0 Å². The molecule has 1 rings (SSSR count). The fraction of sp³-hybridized carbons (Fsp3) is 0.250.